The average Bonchev–Trinajstić information content (AvgIpc) is 0.955. The number of thiazole rings is 1. The van der Waals surface area contributed by atoms with Crippen LogP contribution in [0.1, 0.15) is 104 Å². The molecule has 91 heavy (non-hydrogen) atoms. The first-order valence-corrected chi connectivity index (χ1v) is 32.5. The topological polar surface area (TPSA) is 246 Å². The van der Waals surface area contributed by atoms with Crippen molar-refractivity contribution in [1.29, 1.82) is 0 Å². The van der Waals surface area contributed by atoms with E-state index in [2.05, 4.69) is 15.8 Å². The molecule has 20 nitrogen and oxygen atoms in total. The number of hydrogen-bond donors (Lipinski definition) is 2. The summed E-state index contributed by atoms with van der Waals surface area (Å²) in [6.45, 7) is 17.7. The lowest BCUT2D eigenvalue weighted by Gasteiger charge is -2.49. The molecule has 476 valence electrons. The summed E-state index contributed by atoms with van der Waals surface area (Å²) in [6.07, 6.45) is -2.19. The van der Waals surface area contributed by atoms with Crippen molar-refractivity contribution in [2.45, 2.75) is 126 Å². The third kappa shape index (κ3) is 16.3. The predicted octanol–water partition coefficient (Wildman–Crippen LogP) is 12.8. The van der Waals surface area contributed by atoms with Gasteiger partial charge in [-0.15, -0.1) is 46.2 Å². The van der Waals surface area contributed by atoms with Crippen LogP contribution in [0.25, 0.3) is 10.1 Å². The Bertz CT molecular complexity index is 3890. The first-order valence-electron chi connectivity index (χ1n) is 28.7. The van der Waals surface area contributed by atoms with Crippen molar-refractivity contribution in [2.75, 3.05) is 23.9 Å². The van der Waals surface area contributed by atoms with Crippen molar-refractivity contribution in [1.82, 2.24) is 15.2 Å². The summed E-state index contributed by atoms with van der Waals surface area (Å²) in [5.41, 5.74) is -2.51. The number of amides is 2. The third-order valence-corrected chi connectivity index (χ3v) is 18.0. The lowest BCUT2D eigenvalue weighted by atomic mass is 9.77. The zero-order valence-electron chi connectivity index (χ0n) is 52.2. The van der Waals surface area contributed by atoms with Crippen LogP contribution < -0.4 is 30.3 Å². The van der Waals surface area contributed by atoms with Gasteiger partial charge in [-0.3, -0.25) is 19.3 Å². The largest absolute Gasteiger partial charge is 0.514 e. The van der Waals surface area contributed by atoms with Gasteiger partial charge in [0.25, 0.3) is 11.8 Å². The van der Waals surface area contributed by atoms with Crippen LogP contribution in [-0.4, -0.2) is 104 Å². The molecule has 2 aliphatic heterocycles. The molecule has 0 aliphatic carbocycles. The van der Waals surface area contributed by atoms with Crippen molar-refractivity contribution in [2.24, 2.45) is 5.16 Å². The van der Waals surface area contributed by atoms with E-state index >= 15 is 0 Å². The molecule has 0 bridgehead atoms. The van der Waals surface area contributed by atoms with Gasteiger partial charge in [0.1, 0.15) is 57.5 Å². The highest BCUT2D eigenvalue weighted by atomic mass is 32.2. The van der Waals surface area contributed by atoms with Crippen molar-refractivity contribution in [3.8, 4) is 17.2 Å². The minimum atomic E-state index is -1.72. The van der Waals surface area contributed by atoms with E-state index < -0.39 is 80.9 Å². The molecule has 1 unspecified atom stereocenters. The molecule has 1 fully saturated rings. The standard InChI is InChI=1S/C67H69N5O15S4/c1-63(2,3)84-59(77)66(10,11)87-71-52(46-38-90-60(68-46)70-67(41-22-16-13-17-23-41,42-24-18-14-19-25-42)43-26-20-15-21-27-43)55(74)69-53-56(75)72-54(58(76)81-35-39-28-30-44(80-12)31-29-39)40(37-89-57(53)72)36-88-51-33-47(73)45-32-48(82-61(78)85-64(4,5)6)49(34-50(45)91-51)83-62(79)86-65(7,8)9/h13-34,38,53,57H,35-37H2,1-12H3,(H,68,70)(H,69,74)/b71-52-/t53?,57-/m1/s1. The summed E-state index contributed by atoms with van der Waals surface area (Å²) < 4.78 is 39.4. The number of oxime groups is 1. The van der Waals surface area contributed by atoms with Crippen molar-refractivity contribution in [3.63, 3.8) is 0 Å². The monoisotopic (exact) mass is 1310 g/mol. The van der Waals surface area contributed by atoms with Gasteiger partial charge in [-0.1, -0.05) is 108 Å². The summed E-state index contributed by atoms with van der Waals surface area (Å²) >= 11 is 4.84. The molecule has 2 atom stereocenters. The van der Waals surface area contributed by atoms with E-state index in [1.54, 1.807) is 92.0 Å². The Morgan fingerprint density at radius 1 is 0.703 bits per heavy atom. The quantitative estimate of drug-likeness (QED) is 0.0105. The van der Waals surface area contributed by atoms with E-state index in [4.69, 9.17) is 43.0 Å². The second-order valence-corrected chi connectivity index (χ2v) is 28.8. The maximum Gasteiger partial charge on any atom is 0.514 e. The molecule has 9 rings (SSSR count). The number of hydrogen-bond acceptors (Lipinski definition) is 22. The van der Waals surface area contributed by atoms with Gasteiger partial charge in [0, 0.05) is 39.1 Å². The fraction of sp³-hybridized carbons (Fsp3) is 0.328. The third-order valence-electron chi connectivity index (χ3n) is 13.5. The fourth-order valence-electron chi connectivity index (χ4n) is 9.37. The molecule has 0 spiro atoms. The SMILES string of the molecule is COc1ccc(COC(=O)C2=C(CSc3cc(=O)c4cc(OC(=O)OC(C)(C)C)c(OC(=O)OC(C)(C)C)cc4s3)CS[C@@H]3C(NC(=O)/C(=N\OC(C)(C)C(=O)OC(C)(C)C)c4csc(NC(c5ccccc5)(c5ccccc5)c5ccccc5)n4)C(=O)N23)cc1. The van der Waals surface area contributed by atoms with Crippen molar-refractivity contribution in [3.05, 3.63) is 188 Å². The van der Waals surface area contributed by atoms with E-state index in [0.29, 0.717) is 30.9 Å². The van der Waals surface area contributed by atoms with Gasteiger partial charge in [-0.25, -0.2) is 24.2 Å². The zero-order chi connectivity index (χ0) is 65.6. The first-order chi connectivity index (χ1) is 43.0. The fourth-order valence-corrected chi connectivity index (χ4v) is 13.8. The highest BCUT2D eigenvalue weighted by Gasteiger charge is 2.55. The number of rotatable bonds is 20. The Kier molecular flexibility index (Phi) is 20.1. The molecule has 0 saturated carbocycles. The van der Waals surface area contributed by atoms with Crippen LogP contribution >= 0.6 is 46.2 Å². The summed E-state index contributed by atoms with van der Waals surface area (Å²) in [6, 6.07) is 39.3. The molecule has 2 aliphatic rings. The van der Waals surface area contributed by atoms with Gasteiger partial charge >= 0.3 is 24.2 Å². The summed E-state index contributed by atoms with van der Waals surface area (Å²) in [7, 11) is 1.53. The number of anilines is 1. The highest BCUT2D eigenvalue weighted by molar-refractivity contribution is 8.02. The molecule has 1 saturated heterocycles. The Labute approximate surface area is 543 Å². The Hall–Kier alpha value is -8.71. The van der Waals surface area contributed by atoms with E-state index in [9.17, 15) is 33.6 Å². The summed E-state index contributed by atoms with van der Waals surface area (Å²) in [5, 5.41) is 12.2. The van der Waals surface area contributed by atoms with Gasteiger partial charge in [0.2, 0.25) is 5.60 Å². The number of carbonyl (C=O) groups is 6. The molecule has 2 N–H and O–H groups in total. The normalized spacial score (nSPS) is 15.4. The minimum Gasteiger partial charge on any atom is -0.497 e. The van der Waals surface area contributed by atoms with Crippen molar-refractivity contribution < 1.29 is 66.8 Å². The van der Waals surface area contributed by atoms with Crippen LogP contribution in [0, 0.1) is 0 Å². The molecule has 5 aromatic carbocycles. The number of fused-ring (bicyclic) bond motifs is 2. The maximum atomic E-state index is 15.0. The molecule has 4 heterocycles. The number of benzene rings is 5. The second kappa shape index (κ2) is 27.4. The Morgan fingerprint density at radius 3 is 1.79 bits per heavy atom. The van der Waals surface area contributed by atoms with E-state index in [1.807, 2.05) is 91.0 Å². The number of thioether (sulfide) groups is 2. The van der Waals surface area contributed by atoms with Crippen molar-refractivity contribution >= 4 is 103 Å². The number of nitrogens with zero attached hydrogens (tertiary/aromatic N) is 3. The molecular weight excluding hydrogens is 1240 g/mol. The molecule has 2 amide bonds. The predicted molar refractivity (Wildman–Crippen MR) is 350 cm³/mol. The maximum absolute atomic E-state index is 15.0. The van der Waals surface area contributed by atoms with Crippen LogP contribution in [0.5, 0.6) is 17.2 Å². The van der Waals surface area contributed by atoms with Crippen LogP contribution in [0.3, 0.4) is 0 Å². The van der Waals surface area contributed by atoms with Gasteiger partial charge in [0.15, 0.2) is 27.8 Å². The molecule has 7 aromatic rings. The zero-order valence-corrected chi connectivity index (χ0v) is 55.4. The van der Waals surface area contributed by atoms with E-state index in [0.717, 1.165) is 28.0 Å². The smallest absolute Gasteiger partial charge is 0.497 e. The summed E-state index contributed by atoms with van der Waals surface area (Å²) in [4.78, 5) is 110. The van der Waals surface area contributed by atoms with Crippen LogP contribution in [0.2, 0.25) is 0 Å². The molecule has 0 radical (unpaired) electrons. The average molecular weight is 1310 g/mol. The number of nitrogens with one attached hydrogen (secondary N) is 2. The van der Waals surface area contributed by atoms with Crippen LogP contribution in [0.4, 0.5) is 14.7 Å². The Balaban J connectivity index is 1.03. The molecule has 2 aromatic heterocycles. The number of aromatic nitrogens is 1. The summed E-state index contributed by atoms with van der Waals surface area (Å²) in [5.74, 6) is -2.73. The number of ether oxygens (including phenoxy) is 7. The van der Waals surface area contributed by atoms with Crippen LogP contribution in [-0.2, 0) is 55.1 Å². The van der Waals surface area contributed by atoms with Gasteiger partial charge in [0.05, 0.1) is 11.3 Å². The number of esters is 2. The first kappa shape index (κ1) is 66.7. The second-order valence-electron chi connectivity index (χ2n) is 24.4. The number of β-lactam (4-membered cyclic amide) rings is 1. The number of carbonyl (C=O) groups excluding carboxylic acids is 6. The highest BCUT2D eigenvalue weighted by Crippen LogP contribution is 2.45. The van der Waals surface area contributed by atoms with Gasteiger partial charge in [-0.2, -0.15) is 0 Å². The Morgan fingerprint density at radius 2 is 1.25 bits per heavy atom. The lowest BCUT2D eigenvalue weighted by molar-refractivity contribution is -0.179. The lowest BCUT2D eigenvalue weighted by Crippen LogP contribution is -2.71. The minimum absolute atomic E-state index is 0.0457. The van der Waals surface area contributed by atoms with Gasteiger partial charge < -0.3 is 48.6 Å². The molecular formula is C67H69N5O15S4. The van der Waals surface area contributed by atoms with Gasteiger partial charge in [-0.05, 0) is 122 Å². The molecule has 24 heteroatoms. The van der Waals surface area contributed by atoms with E-state index in [1.165, 1.54) is 78.9 Å². The van der Waals surface area contributed by atoms with E-state index in [-0.39, 0.29) is 52.1 Å². The number of methoxy groups -OCH3 is 1. The van der Waals surface area contributed by atoms with Crippen LogP contribution in [0.15, 0.2) is 164 Å².